The van der Waals surface area contributed by atoms with Crippen LogP contribution in [0.3, 0.4) is 0 Å². The minimum atomic E-state index is -3.07. The van der Waals surface area contributed by atoms with E-state index < -0.39 is 9.84 Å². The van der Waals surface area contributed by atoms with E-state index >= 15 is 0 Å². The third kappa shape index (κ3) is 5.09. The van der Waals surface area contributed by atoms with Crippen LogP contribution in [0.4, 0.5) is 0 Å². The van der Waals surface area contributed by atoms with E-state index in [1.54, 1.807) is 30.2 Å². The van der Waals surface area contributed by atoms with Crippen molar-refractivity contribution in [2.45, 2.75) is 19.4 Å². The van der Waals surface area contributed by atoms with Crippen LogP contribution in [0.15, 0.2) is 18.2 Å². The first-order valence-corrected chi connectivity index (χ1v) is 9.90. The molecule has 2 rings (SSSR count). The lowest BCUT2D eigenvalue weighted by Crippen LogP contribution is -2.45. The molecule has 0 unspecified atom stereocenters. The Labute approximate surface area is 147 Å². The fraction of sp³-hybridized carbons (Fsp3) is 0.562. The van der Waals surface area contributed by atoms with Crippen molar-refractivity contribution >= 4 is 27.3 Å². The summed E-state index contributed by atoms with van der Waals surface area (Å²) in [4.78, 5) is 14.0. The highest BCUT2D eigenvalue weighted by atomic mass is 35.5. The largest absolute Gasteiger partial charge is 0.484 e. The number of amides is 1. The van der Waals surface area contributed by atoms with E-state index in [1.807, 2.05) is 6.92 Å². The van der Waals surface area contributed by atoms with Gasteiger partial charge in [0.05, 0.1) is 18.1 Å². The van der Waals surface area contributed by atoms with Gasteiger partial charge in [-0.3, -0.25) is 4.79 Å². The number of aryl methyl sites for hydroxylation is 1. The van der Waals surface area contributed by atoms with Crippen LogP contribution in [-0.4, -0.2) is 63.6 Å². The molecule has 1 saturated heterocycles. The maximum Gasteiger partial charge on any atom is 0.260 e. The molecule has 24 heavy (non-hydrogen) atoms. The number of sulfone groups is 1. The molecule has 6 nitrogen and oxygen atoms in total. The molecule has 1 fully saturated rings. The summed E-state index contributed by atoms with van der Waals surface area (Å²) >= 11 is 5.96. The van der Waals surface area contributed by atoms with E-state index in [0.29, 0.717) is 30.3 Å². The third-order valence-corrected chi connectivity index (χ3v) is 6.17. The molecule has 1 aromatic rings. The molecule has 1 amide bonds. The second-order valence-electron chi connectivity index (χ2n) is 5.84. The van der Waals surface area contributed by atoms with Crippen LogP contribution in [0.25, 0.3) is 0 Å². The van der Waals surface area contributed by atoms with E-state index in [0.717, 1.165) is 5.56 Å². The van der Waals surface area contributed by atoms with E-state index in [4.69, 9.17) is 21.1 Å². The number of methoxy groups -OCH3 is 1. The van der Waals surface area contributed by atoms with Gasteiger partial charge in [-0.05, 0) is 37.1 Å². The molecule has 0 spiro atoms. The number of carbonyl (C=O) groups is 1. The lowest BCUT2D eigenvalue weighted by atomic mass is 10.2. The number of ether oxygens (including phenoxy) is 2. The Morgan fingerprint density at radius 2 is 2.17 bits per heavy atom. The zero-order valence-electron chi connectivity index (χ0n) is 13.8. The molecule has 0 radical (unpaired) electrons. The zero-order valence-corrected chi connectivity index (χ0v) is 15.4. The Kier molecular flexibility index (Phi) is 6.48. The predicted molar refractivity (Wildman–Crippen MR) is 92.3 cm³/mol. The van der Waals surface area contributed by atoms with E-state index in [2.05, 4.69) is 0 Å². The SMILES string of the molecule is COCCN(C(=O)COc1ccc(Cl)c(C)c1)[C@H]1CCS(=O)(=O)C1. The van der Waals surface area contributed by atoms with Gasteiger partial charge >= 0.3 is 0 Å². The first-order valence-electron chi connectivity index (χ1n) is 7.70. The molecule has 0 aromatic heterocycles. The molecule has 0 aliphatic carbocycles. The van der Waals surface area contributed by atoms with Crippen molar-refractivity contribution in [3.8, 4) is 5.75 Å². The molecule has 1 atom stereocenters. The summed E-state index contributed by atoms with van der Waals surface area (Å²) in [7, 11) is -1.52. The van der Waals surface area contributed by atoms with Crippen molar-refractivity contribution in [2.75, 3.05) is 38.4 Å². The molecule has 1 heterocycles. The van der Waals surface area contributed by atoms with Gasteiger partial charge in [-0.15, -0.1) is 0 Å². The number of halogens is 1. The summed E-state index contributed by atoms with van der Waals surface area (Å²) in [5.41, 5.74) is 0.861. The lowest BCUT2D eigenvalue weighted by molar-refractivity contribution is -0.136. The molecular formula is C16H22ClNO5S. The smallest absolute Gasteiger partial charge is 0.260 e. The summed E-state index contributed by atoms with van der Waals surface area (Å²) in [6, 6.07) is 4.86. The van der Waals surface area contributed by atoms with Crippen LogP contribution in [0, 0.1) is 6.92 Å². The maximum atomic E-state index is 12.5. The van der Waals surface area contributed by atoms with E-state index in [1.165, 1.54) is 0 Å². The number of benzene rings is 1. The third-order valence-electron chi connectivity index (χ3n) is 4.00. The van der Waals surface area contributed by atoms with Gasteiger partial charge in [-0.25, -0.2) is 8.42 Å². The van der Waals surface area contributed by atoms with Crippen LogP contribution in [0.1, 0.15) is 12.0 Å². The Bertz CT molecular complexity index is 692. The average molecular weight is 376 g/mol. The van der Waals surface area contributed by atoms with Crippen LogP contribution >= 0.6 is 11.6 Å². The Hall–Kier alpha value is -1.31. The maximum absolute atomic E-state index is 12.5. The second kappa shape index (κ2) is 8.18. The average Bonchev–Trinajstić information content (AvgIpc) is 2.88. The second-order valence-corrected chi connectivity index (χ2v) is 8.47. The highest BCUT2D eigenvalue weighted by Crippen LogP contribution is 2.22. The number of hydrogen-bond acceptors (Lipinski definition) is 5. The minimum absolute atomic E-state index is 0.00249. The summed E-state index contributed by atoms with van der Waals surface area (Å²) in [5.74, 6) is 0.423. The van der Waals surface area contributed by atoms with Gasteiger partial charge in [0.2, 0.25) is 0 Å². The fourth-order valence-electron chi connectivity index (χ4n) is 2.66. The van der Waals surface area contributed by atoms with Crippen molar-refractivity contribution < 1.29 is 22.7 Å². The van der Waals surface area contributed by atoms with Crippen LogP contribution in [0.2, 0.25) is 5.02 Å². The molecule has 0 saturated carbocycles. The summed E-state index contributed by atoms with van der Waals surface area (Å²) in [5, 5.41) is 0.631. The van der Waals surface area contributed by atoms with Crippen LogP contribution in [-0.2, 0) is 19.4 Å². The molecular weight excluding hydrogens is 354 g/mol. The fourth-order valence-corrected chi connectivity index (χ4v) is 4.50. The Balaban J connectivity index is 2.00. The molecule has 8 heteroatoms. The Morgan fingerprint density at radius 1 is 1.42 bits per heavy atom. The minimum Gasteiger partial charge on any atom is -0.484 e. The van der Waals surface area contributed by atoms with Gasteiger partial charge < -0.3 is 14.4 Å². The zero-order chi connectivity index (χ0) is 17.7. The molecule has 1 aliphatic rings. The van der Waals surface area contributed by atoms with Crippen molar-refractivity contribution in [1.29, 1.82) is 0 Å². The summed E-state index contributed by atoms with van der Waals surface area (Å²) in [6.45, 7) is 2.40. The van der Waals surface area contributed by atoms with Gasteiger partial charge in [-0.2, -0.15) is 0 Å². The van der Waals surface area contributed by atoms with E-state index in [9.17, 15) is 13.2 Å². The molecule has 1 aromatic carbocycles. The Morgan fingerprint density at radius 3 is 2.75 bits per heavy atom. The van der Waals surface area contributed by atoms with Gasteiger partial charge in [0.1, 0.15) is 5.75 Å². The van der Waals surface area contributed by atoms with Gasteiger partial charge in [-0.1, -0.05) is 11.6 Å². The first kappa shape index (κ1) is 19.0. The van der Waals surface area contributed by atoms with Gasteiger partial charge in [0.25, 0.3) is 5.91 Å². The van der Waals surface area contributed by atoms with Crippen LogP contribution in [0.5, 0.6) is 5.75 Å². The molecule has 1 aliphatic heterocycles. The standard InChI is InChI=1S/C16H22ClNO5S/c1-12-9-14(3-4-15(12)17)23-10-16(19)18(6-7-22-2)13-5-8-24(20,21)11-13/h3-4,9,13H,5-8,10-11H2,1-2H3/t13-/m0/s1. The highest BCUT2D eigenvalue weighted by molar-refractivity contribution is 7.91. The van der Waals surface area contributed by atoms with Gasteiger partial charge in [0, 0.05) is 24.7 Å². The van der Waals surface area contributed by atoms with Crippen molar-refractivity contribution in [3.05, 3.63) is 28.8 Å². The molecule has 0 N–H and O–H groups in total. The van der Waals surface area contributed by atoms with Crippen molar-refractivity contribution in [2.24, 2.45) is 0 Å². The predicted octanol–water partition coefficient (Wildman–Crippen LogP) is 1.69. The monoisotopic (exact) mass is 375 g/mol. The highest BCUT2D eigenvalue weighted by Gasteiger charge is 2.34. The topological polar surface area (TPSA) is 72.9 Å². The normalized spacial score (nSPS) is 19.2. The number of rotatable bonds is 7. The molecule has 0 bridgehead atoms. The van der Waals surface area contributed by atoms with Crippen LogP contribution < -0.4 is 4.74 Å². The van der Waals surface area contributed by atoms with E-state index in [-0.39, 0.29) is 30.1 Å². The summed E-state index contributed by atoms with van der Waals surface area (Å²) in [6.07, 6.45) is 0.456. The summed E-state index contributed by atoms with van der Waals surface area (Å²) < 4.78 is 33.9. The number of carbonyl (C=O) groups excluding carboxylic acids is 1. The van der Waals surface area contributed by atoms with Crippen molar-refractivity contribution in [1.82, 2.24) is 4.90 Å². The number of nitrogens with zero attached hydrogens (tertiary/aromatic N) is 1. The van der Waals surface area contributed by atoms with Gasteiger partial charge in [0.15, 0.2) is 16.4 Å². The van der Waals surface area contributed by atoms with Crippen molar-refractivity contribution in [3.63, 3.8) is 0 Å². The lowest BCUT2D eigenvalue weighted by Gasteiger charge is -2.28. The molecule has 134 valence electrons. The quantitative estimate of drug-likeness (QED) is 0.725. The number of hydrogen-bond donors (Lipinski definition) is 0. The first-order chi connectivity index (χ1) is 11.3.